The number of hydrogen-bond acceptors (Lipinski definition) is 1. The number of quaternary nitrogens is 2. The Labute approximate surface area is 156 Å². The fraction of sp³-hybridized carbons (Fsp3) is 0.409. The maximum absolute atomic E-state index is 13.4. The maximum Gasteiger partial charge on any atom is 0.286 e. The van der Waals surface area contributed by atoms with E-state index in [1.165, 1.54) is 35.7 Å². The second kappa shape index (κ2) is 7.60. The summed E-state index contributed by atoms with van der Waals surface area (Å²) in [5, 5.41) is 0. The third-order valence-electron chi connectivity index (χ3n) is 5.94. The number of nitrogens with one attached hydrogen (secondary N) is 2. The molecule has 4 heteroatoms. The van der Waals surface area contributed by atoms with Crippen LogP contribution in [0, 0.1) is 0 Å². The van der Waals surface area contributed by atoms with Crippen molar-refractivity contribution in [2.24, 2.45) is 0 Å². The Morgan fingerprint density at radius 3 is 1.88 bits per heavy atom. The van der Waals surface area contributed by atoms with Gasteiger partial charge in [-0.15, -0.1) is 0 Å². The average Bonchev–Trinajstić information content (AvgIpc) is 2.85. The van der Waals surface area contributed by atoms with Crippen LogP contribution in [-0.4, -0.2) is 45.2 Å². The van der Waals surface area contributed by atoms with E-state index in [2.05, 4.69) is 43.3 Å². The van der Waals surface area contributed by atoms with Gasteiger partial charge in [0, 0.05) is 0 Å². The number of nitrogens with zero attached hydrogens (tertiary/aromatic N) is 1. The molecule has 0 radical (unpaired) electrons. The average molecular weight is 351 g/mol. The normalized spacial score (nSPS) is 22.3. The highest BCUT2D eigenvalue weighted by molar-refractivity contribution is 6.02. The molecule has 0 unspecified atom stereocenters. The number of hydrogen-bond donors (Lipinski definition) is 2. The first-order chi connectivity index (χ1) is 12.8. The summed E-state index contributed by atoms with van der Waals surface area (Å²) < 4.78 is 0. The molecule has 1 saturated heterocycles. The lowest BCUT2D eigenvalue weighted by Crippen LogP contribution is -3.28. The molecule has 2 aromatic rings. The molecule has 1 amide bonds. The number of benzene rings is 2. The van der Waals surface area contributed by atoms with Crippen LogP contribution in [0.3, 0.4) is 0 Å². The molecule has 2 aliphatic rings. The predicted molar refractivity (Wildman–Crippen MR) is 104 cm³/mol. The lowest BCUT2D eigenvalue weighted by molar-refractivity contribution is -1.01. The zero-order valence-electron chi connectivity index (χ0n) is 15.6. The van der Waals surface area contributed by atoms with Crippen molar-refractivity contribution in [1.29, 1.82) is 0 Å². The van der Waals surface area contributed by atoms with Gasteiger partial charge in [-0.25, -0.2) is 0 Å². The minimum absolute atomic E-state index is 0.224. The van der Waals surface area contributed by atoms with Crippen LogP contribution >= 0.6 is 0 Å². The molecule has 2 N–H and O–H groups in total. The highest BCUT2D eigenvalue weighted by Crippen LogP contribution is 2.35. The van der Waals surface area contributed by atoms with E-state index in [9.17, 15) is 4.79 Å². The van der Waals surface area contributed by atoms with Crippen LogP contribution in [-0.2, 0) is 17.6 Å². The summed E-state index contributed by atoms with van der Waals surface area (Å²) >= 11 is 0. The lowest BCUT2D eigenvalue weighted by Gasteiger charge is -2.31. The van der Waals surface area contributed by atoms with Gasteiger partial charge in [0.2, 0.25) is 0 Å². The van der Waals surface area contributed by atoms with Gasteiger partial charge in [0.05, 0.1) is 17.9 Å². The Morgan fingerprint density at radius 2 is 1.35 bits per heavy atom. The summed E-state index contributed by atoms with van der Waals surface area (Å²) in [7, 11) is 0. The summed E-state index contributed by atoms with van der Waals surface area (Å²) in [6.07, 6.45) is 1.98. The Balaban J connectivity index is 1.61. The Morgan fingerprint density at radius 1 is 0.846 bits per heavy atom. The van der Waals surface area contributed by atoms with E-state index in [1.807, 2.05) is 17.0 Å². The maximum atomic E-state index is 13.4. The predicted octanol–water partition coefficient (Wildman–Crippen LogP) is 0.253. The topological polar surface area (TPSA) is 29.2 Å². The summed E-state index contributed by atoms with van der Waals surface area (Å²) in [6.45, 7) is 8.54. The zero-order valence-corrected chi connectivity index (χ0v) is 15.6. The molecule has 0 aliphatic carbocycles. The van der Waals surface area contributed by atoms with Crippen LogP contribution in [0.4, 0.5) is 11.4 Å². The second-order valence-corrected chi connectivity index (χ2v) is 7.52. The van der Waals surface area contributed by atoms with Gasteiger partial charge in [-0.2, -0.15) is 0 Å². The molecular weight excluding hydrogens is 322 g/mol. The highest BCUT2D eigenvalue weighted by atomic mass is 16.2. The van der Waals surface area contributed by atoms with E-state index in [0.717, 1.165) is 37.3 Å². The molecule has 2 heterocycles. The number of carbonyl (C=O) groups excluding carboxylic acids is 1. The van der Waals surface area contributed by atoms with Crippen molar-refractivity contribution in [1.82, 2.24) is 0 Å². The monoisotopic (exact) mass is 351 g/mol. The number of anilines is 2. The number of rotatable bonds is 3. The molecule has 4 nitrogen and oxygen atoms in total. The minimum Gasteiger partial charge on any atom is -0.326 e. The van der Waals surface area contributed by atoms with Crippen LogP contribution in [0.5, 0.6) is 0 Å². The van der Waals surface area contributed by atoms with E-state index >= 15 is 0 Å². The van der Waals surface area contributed by atoms with Crippen LogP contribution < -0.4 is 14.7 Å². The molecule has 26 heavy (non-hydrogen) atoms. The molecule has 1 fully saturated rings. The molecule has 0 atom stereocenters. The number of para-hydroxylation sites is 2. The van der Waals surface area contributed by atoms with E-state index in [4.69, 9.17) is 0 Å². The summed E-state index contributed by atoms with van der Waals surface area (Å²) in [5.74, 6) is 0.224. The van der Waals surface area contributed by atoms with Crippen molar-refractivity contribution >= 4 is 17.3 Å². The molecule has 0 aromatic heterocycles. The molecule has 4 rings (SSSR count). The summed E-state index contributed by atoms with van der Waals surface area (Å²) in [4.78, 5) is 18.5. The van der Waals surface area contributed by atoms with Crippen molar-refractivity contribution in [3.8, 4) is 0 Å². The molecular formula is C22H29N3O+2. The molecule has 0 saturated carbocycles. The van der Waals surface area contributed by atoms with Crippen molar-refractivity contribution in [2.75, 3.05) is 44.2 Å². The first-order valence-electron chi connectivity index (χ1n) is 9.92. The van der Waals surface area contributed by atoms with Gasteiger partial charge in [-0.1, -0.05) is 36.4 Å². The van der Waals surface area contributed by atoms with Crippen LogP contribution in [0.2, 0.25) is 0 Å². The van der Waals surface area contributed by atoms with E-state index < -0.39 is 0 Å². The Bertz CT molecular complexity index is 733. The van der Waals surface area contributed by atoms with Crippen LogP contribution in [0.25, 0.3) is 0 Å². The van der Waals surface area contributed by atoms with Gasteiger partial charge in [-0.05, 0) is 43.0 Å². The molecule has 136 valence electrons. The fourth-order valence-corrected chi connectivity index (χ4v) is 4.33. The van der Waals surface area contributed by atoms with Crippen molar-refractivity contribution in [2.45, 2.75) is 19.8 Å². The number of aryl methyl sites for hydroxylation is 2. The van der Waals surface area contributed by atoms with Crippen LogP contribution in [0.1, 0.15) is 18.1 Å². The molecule has 0 spiro atoms. The smallest absolute Gasteiger partial charge is 0.286 e. The highest BCUT2D eigenvalue weighted by Gasteiger charge is 2.30. The van der Waals surface area contributed by atoms with E-state index in [-0.39, 0.29) is 5.91 Å². The second-order valence-electron chi connectivity index (χ2n) is 7.52. The van der Waals surface area contributed by atoms with Gasteiger partial charge < -0.3 is 9.80 Å². The van der Waals surface area contributed by atoms with Gasteiger partial charge >= 0.3 is 0 Å². The zero-order chi connectivity index (χ0) is 17.9. The van der Waals surface area contributed by atoms with Gasteiger partial charge in [0.1, 0.15) is 26.2 Å². The standard InChI is InChI=1S/C22H27N3O/c1-2-23-13-15-24(16-14-23)17-22(26)25-20-9-5-3-7-18(20)11-12-19-8-4-6-10-21(19)25/h3-10H,2,11-17H2,1H3/p+2. The first-order valence-corrected chi connectivity index (χ1v) is 9.92. The quantitative estimate of drug-likeness (QED) is 0.816. The van der Waals surface area contributed by atoms with Crippen molar-refractivity contribution < 1.29 is 14.6 Å². The number of fused-ring (bicyclic) bond motifs is 2. The van der Waals surface area contributed by atoms with E-state index in [1.54, 1.807) is 4.90 Å². The number of piperazine rings is 1. The van der Waals surface area contributed by atoms with Crippen molar-refractivity contribution in [3.05, 3.63) is 59.7 Å². The third-order valence-corrected chi connectivity index (χ3v) is 5.94. The fourth-order valence-electron chi connectivity index (χ4n) is 4.33. The molecule has 2 aliphatic heterocycles. The third kappa shape index (κ3) is 3.39. The summed E-state index contributed by atoms with van der Waals surface area (Å²) in [5.41, 5.74) is 4.68. The van der Waals surface area contributed by atoms with Gasteiger partial charge in [0.25, 0.3) is 5.91 Å². The Kier molecular flexibility index (Phi) is 5.05. The number of likely N-dealkylation sites (N-methyl/N-ethyl adjacent to an activating group) is 1. The molecule has 2 aromatic carbocycles. The molecule has 0 bridgehead atoms. The summed E-state index contributed by atoms with van der Waals surface area (Å²) in [6, 6.07) is 16.8. The SMILES string of the molecule is CC[NH+]1CC[NH+](CC(=O)N2c3ccccc3CCc3ccccc32)CC1. The number of carbonyl (C=O) groups is 1. The van der Waals surface area contributed by atoms with E-state index in [0.29, 0.717) is 6.54 Å². The number of amides is 1. The van der Waals surface area contributed by atoms with Crippen molar-refractivity contribution in [3.63, 3.8) is 0 Å². The first kappa shape index (κ1) is 17.3. The Hall–Kier alpha value is -2.17. The van der Waals surface area contributed by atoms with Crippen LogP contribution in [0.15, 0.2) is 48.5 Å². The lowest BCUT2D eigenvalue weighted by atomic mass is 10.0. The largest absolute Gasteiger partial charge is 0.326 e. The van der Waals surface area contributed by atoms with Gasteiger partial charge in [0.15, 0.2) is 6.54 Å². The van der Waals surface area contributed by atoms with Gasteiger partial charge in [-0.3, -0.25) is 9.69 Å². The minimum atomic E-state index is 0.224.